The molecule has 0 bridgehead atoms. The van der Waals surface area contributed by atoms with Crippen molar-refractivity contribution in [2.45, 2.75) is 19.3 Å². The van der Waals surface area contributed by atoms with Gasteiger partial charge in [-0.2, -0.15) is 0 Å². The predicted octanol–water partition coefficient (Wildman–Crippen LogP) is 3.70. The number of amides is 2. The van der Waals surface area contributed by atoms with Crippen LogP contribution in [-0.4, -0.2) is 41.9 Å². The summed E-state index contributed by atoms with van der Waals surface area (Å²) in [6.07, 6.45) is 4.38. The molecule has 2 amide bonds. The molecule has 1 saturated carbocycles. The van der Waals surface area contributed by atoms with E-state index in [0.717, 1.165) is 43.6 Å². The van der Waals surface area contributed by atoms with Crippen molar-refractivity contribution >= 4 is 39.9 Å². The van der Waals surface area contributed by atoms with E-state index < -0.39 is 0 Å². The molecule has 3 heterocycles. The van der Waals surface area contributed by atoms with Gasteiger partial charge < -0.3 is 20.5 Å². The van der Waals surface area contributed by atoms with Gasteiger partial charge in [0.05, 0.1) is 17.7 Å². The molecule has 156 valence electrons. The van der Waals surface area contributed by atoms with Crippen LogP contribution in [0.2, 0.25) is 0 Å². The van der Waals surface area contributed by atoms with E-state index in [4.69, 9.17) is 6.57 Å². The minimum absolute atomic E-state index is 0.0341. The number of nitrogens with zero attached hydrogens (tertiary/aromatic N) is 3. The van der Waals surface area contributed by atoms with Gasteiger partial charge in [0.15, 0.2) is 5.82 Å². The number of aromatic amines is 1. The van der Waals surface area contributed by atoms with Gasteiger partial charge in [0.25, 0.3) is 5.91 Å². The molecule has 1 aliphatic carbocycles. The molecule has 2 fully saturated rings. The molecule has 0 spiro atoms. The summed E-state index contributed by atoms with van der Waals surface area (Å²) in [5.74, 6) is 0.114. The summed E-state index contributed by atoms with van der Waals surface area (Å²) < 4.78 is 0. The highest BCUT2D eigenvalue weighted by Gasteiger charge is 2.30. The SMILES string of the molecule is [C-]#[N+]c1c(-c2cc3c(C(=O)NC)cnc(NC(=O)C4CC4)c3[nH]2)cccc1N1CCC1. The van der Waals surface area contributed by atoms with E-state index in [1.165, 1.54) is 6.20 Å². The smallest absolute Gasteiger partial charge is 0.253 e. The third-order valence-electron chi connectivity index (χ3n) is 5.94. The van der Waals surface area contributed by atoms with Crippen LogP contribution in [0.1, 0.15) is 29.6 Å². The maximum Gasteiger partial charge on any atom is 0.253 e. The maximum absolute atomic E-state index is 12.4. The second-order valence-electron chi connectivity index (χ2n) is 7.96. The van der Waals surface area contributed by atoms with Crippen molar-refractivity contribution in [2.75, 3.05) is 30.4 Å². The topological polar surface area (TPSA) is 94.5 Å². The van der Waals surface area contributed by atoms with Gasteiger partial charge in [-0.3, -0.25) is 9.59 Å². The van der Waals surface area contributed by atoms with Gasteiger partial charge in [-0.15, -0.1) is 0 Å². The summed E-state index contributed by atoms with van der Waals surface area (Å²) in [7, 11) is 1.57. The summed E-state index contributed by atoms with van der Waals surface area (Å²) in [6, 6.07) is 7.67. The Kier molecular flexibility index (Phi) is 4.59. The number of carbonyl (C=O) groups is 2. The Balaban J connectivity index is 1.66. The first-order valence-corrected chi connectivity index (χ1v) is 10.4. The predicted molar refractivity (Wildman–Crippen MR) is 119 cm³/mol. The first-order valence-electron chi connectivity index (χ1n) is 10.4. The van der Waals surface area contributed by atoms with Crippen LogP contribution in [-0.2, 0) is 4.79 Å². The zero-order valence-electron chi connectivity index (χ0n) is 17.2. The lowest BCUT2D eigenvalue weighted by Gasteiger charge is -2.34. The van der Waals surface area contributed by atoms with Crippen molar-refractivity contribution in [2.24, 2.45) is 5.92 Å². The van der Waals surface area contributed by atoms with Crippen LogP contribution in [0.4, 0.5) is 17.2 Å². The molecule has 8 heteroatoms. The van der Waals surface area contributed by atoms with E-state index in [9.17, 15) is 9.59 Å². The van der Waals surface area contributed by atoms with Gasteiger partial charge in [0.2, 0.25) is 11.6 Å². The van der Waals surface area contributed by atoms with Gasteiger partial charge in [-0.1, -0.05) is 12.1 Å². The van der Waals surface area contributed by atoms with E-state index in [0.29, 0.717) is 33.7 Å². The fraction of sp³-hybridized carbons (Fsp3) is 0.304. The summed E-state index contributed by atoms with van der Waals surface area (Å²) >= 11 is 0. The molecule has 1 aliphatic heterocycles. The van der Waals surface area contributed by atoms with Crippen molar-refractivity contribution < 1.29 is 9.59 Å². The number of H-pyrrole nitrogens is 1. The second kappa shape index (κ2) is 7.43. The third kappa shape index (κ3) is 3.28. The summed E-state index contributed by atoms with van der Waals surface area (Å²) in [6.45, 7) is 9.67. The van der Waals surface area contributed by atoms with Gasteiger partial charge in [0.1, 0.15) is 0 Å². The Bertz CT molecular complexity index is 1250. The highest BCUT2D eigenvalue weighted by atomic mass is 16.2. The van der Waals surface area contributed by atoms with Gasteiger partial charge in [-0.05, 0) is 31.4 Å². The first-order chi connectivity index (χ1) is 15.1. The molecule has 1 aromatic carbocycles. The minimum atomic E-state index is -0.261. The van der Waals surface area contributed by atoms with Gasteiger partial charge in [0, 0.05) is 54.6 Å². The Morgan fingerprint density at radius 1 is 1.29 bits per heavy atom. The molecule has 2 aliphatic rings. The molecule has 5 rings (SSSR count). The third-order valence-corrected chi connectivity index (χ3v) is 5.94. The Morgan fingerprint density at radius 2 is 2.10 bits per heavy atom. The Morgan fingerprint density at radius 3 is 2.74 bits per heavy atom. The van der Waals surface area contributed by atoms with E-state index in [2.05, 4.69) is 30.3 Å². The summed E-state index contributed by atoms with van der Waals surface area (Å²) in [4.78, 5) is 38.5. The van der Waals surface area contributed by atoms with E-state index in [1.54, 1.807) is 7.05 Å². The monoisotopic (exact) mass is 414 g/mol. The zero-order chi connectivity index (χ0) is 21.5. The number of fused-ring (bicyclic) bond motifs is 1. The number of hydrogen-bond acceptors (Lipinski definition) is 4. The zero-order valence-corrected chi connectivity index (χ0v) is 17.2. The number of aromatic nitrogens is 2. The van der Waals surface area contributed by atoms with Crippen LogP contribution < -0.4 is 15.5 Å². The standard InChI is InChI=1S/C23H22N6O2/c1-24-19-14(5-3-6-18(19)29-9-4-10-29)17-11-15-16(23(31)25-2)12-26-21(20(15)27-17)28-22(30)13-7-8-13/h3,5-6,11-13,27H,4,7-10H2,2H3,(H,25,31)(H,26,28,30). The van der Waals surface area contributed by atoms with Gasteiger partial charge in [-0.25, -0.2) is 9.83 Å². The van der Waals surface area contributed by atoms with Crippen LogP contribution in [0.5, 0.6) is 0 Å². The molecule has 2 aromatic heterocycles. The quantitative estimate of drug-likeness (QED) is 0.555. The van der Waals surface area contributed by atoms with Crippen LogP contribution in [0.15, 0.2) is 30.5 Å². The fourth-order valence-electron chi connectivity index (χ4n) is 3.92. The summed E-state index contributed by atoms with van der Waals surface area (Å²) in [5.41, 5.74) is 3.96. The number of rotatable bonds is 5. The molecular weight excluding hydrogens is 392 g/mol. The number of pyridine rings is 1. The lowest BCUT2D eigenvalue weighted by molar-refractivity contribution is -0.117. The van der Waals surface area contributed by atoms with Crippen LogP contribution >= 0.6 is 0 Å². The fourth-order valence-corrected chi connectivity index (χ4v) is 3.92. The van der Waals surface area contributed by atoms with Crippen LogP contribution in [0.25, 0.3) is 27.0 Å². The number of hydrogen-bond donors (Lipinski definition) is 3. The average molecular weight is 414 g/mol. The normalized spacial score (nSPS) is 15.3. The Hall–Kier alpha value is -3.86. The molecule has 8 nitrogen and oxygen atoms in total. The molecule has 0 atom stereocenters. The van der Waals surface area contributed by atoms with Crippen molar-refractivity contribution in [3.05, 3.63) is 47.4 Å². The minimum Gasteiger partial charge on any atom is -0.380 e. The van der Waals surface area contributed by atoms with Crippen molar-refractivity contribution in [3.8, 4) is 11.3 Å². The molecule has 1 saturated heterocycles. The highest BCUT2D eigenvalue weighted by Crippen LogP contribution is 2.41. The van der Waals surface area contributed by atoms with Crippen LogP contribution in [0, 0.1) is 12.5 Å². The average Bonchev–Trinajstić information content (AvgIpc) is 3.50. The van der Waals surface area contributed by atoms with Crippen molar-refractivity contribution in [3.63, 3.8) is 0 Å². The lowest BCUT2D eigenvalue weighted by Crippen LogP contribution is -2.36. The van der Waals surface area contributed by atoms with E-state index >= 15 is 0 Å². The van der Waals surface area contributed by atoms with Crippen LogP contribution in [0.3, 0.4) is 0 Å². The van der Waals surface area contributed by atoms with E-state index in [-0.39, 0.29) is 17.7 Å². The molecule has 3 N–H and O–H groups in total. The second-order valence-corrected chi connectivity index (χ2v) is 7.96. The van der Waals surface area contributed by atoms with Gasteiger partial charge >= 0.3 is 0 Å². The molecular formula is C23H22N6O2. The Labute approximate surface area is 179 Å². The highest BCUT2D eigenvalue weighted by molar-refractivity contribution is 6.11. The largest absolute Gasteiger partial charge is 0.380 e. The molecule has 31 heavy (non-hydrogen) atoms. The molecule has 3 aromatic rings. The number of anilines is 2. The number of benzene rings is 1. The number of nitrogens with one attached hydrogen (secondary N) is 3. The van der Waals surface area contributed by atoms with E-state index in [1.807, 2.05) is 24.3 Å². The summed E-state index contributed by atoms with van der Waals surface area (Å²) in [5, 5.41) is 6.18. The molecule has 0 radical (unpaired) electrons. The lowest BCUT2D eigenvalue weighted by atomic mass is 10.0. The maximum atomic E-state index is 12.4. The molecule has 0 unspecified atom stereocenters. The first kappa shape index (κ1) is 19.1. The number of carbonyl (C=O) groups excluding carboxylic acids is 2. The number of para-hydroxylation sites is 1. The van der Waals surface area contributed by atoms with Crippen molar-refractivity contribution in [1.82, 2.24) is 15.3 Å². The van der Waals surface area contributed by atoms with Crippen molar-refractivity contribution in [1.29, 1.82) is 0 Å².